The monoisotopic (exact) mass is 376 g/mol. The molecule has 2 aromatic rings. The van der Waals surface area contributed by atoms with Crippen LogP contribution in [0.2, 0.25) is 0 Å². The molecule has 8 heteroatoms. The fourth-order valence-electron chi connectivity index (χ4n) is 3.56. The number of anilines is 1. The molecule has 0 saturated heterocycles. The number of hydrogen-bond donors (Lipinski definition) is 2. The van der Waals surface area contributed by atoms with Gasteiger partial charge in [-0.25, -0.2) is 13.5 Å². The first kappa shape index (κ1) is 17.8. The van der Waals surface area contributed by atoms with E-state index in [2.05, 4.69) is 15.7 Å². The molecular formula is C19H22F2N4O2. The molecule has 1 fully saturated rings. The number of benzene rings is 1. The largest absolute Gasteiger partial charge is 0.497 e. The van der Waals surface area contributed by atoms with Crippen molar-refractivity contribution in [3.8, 4) is 5.75 Å². The van der Waals surface area contributed by atoms with Crippen molar-refractivity contribution in [3.05, 3.63) is 41.6 Å². The van der Waals surface area contributed by atoms with Crippen molar-refractivity contribution in [2.24, 2.45) is 5.92 Å². The number of nitrogens with zero attached hydrogens (tertiary/aromatic N) is 2. The third-order valence-corrected chi connectivity index (χ3v) is 5.27. The second kappa shape index (κ2) is 7.17. The Morgan fingerprint density at radius 2 is 2.11 bits per heavy atom. The fourth-order valence-corrected chi connectivity index (χ4v) is 3.56. The second-order valence-electron chi connectivity index (χ2n) is 7.11. The Balaban J connectivity index is 1.49. The molecule has 1 aliphatic heterocycles. The Morgan fingerprint density at radius 1 is 1.37 bits per heavy atom. The number of fused-ring (bicyclic) bond motifs is 1. The first-order chi connectivity index (χ1) is 13.1. The predicted molar refractivity (Wildman–Crippen MR) is 96.2 cm³/mol. The lowest BCUT2D eigenvalue weighted by atomic mass is 10.00. The normalized spacial score (nSPS) is 21.5. The fraction of sp³-hybridized carbons (Fsp3) is 0.474. The average Bonchev–Trinajstić information content (AvgIpc) is 3.45. The molecule has 1 aliphatic carbocycles. The van der Waals surface area contributed by atoms with Crippen LogP contribution in [0.5, 0.6) is 5.75 Å². The highest BCUT2D eigenvalue weighted by Crippen LogP contribution is 2.42. The smallest absolute Gasteiger partial charge is 0.260 e. The Morgan fingerprint density at radius 3 is 2.74 bits per heavy atom. The van der Waals surface area contributed by atoms with Crippen molar-refractivity contribution < 1.29 is 18.3 Å². The molecule has 2 heterocycles. The Hall–Kier alpha value is -2.64. The van der Waals surface area contributed by atoms with Crippen LogP contribution in [0.3, 0.4) is 0 Å². The van der Waals surface area contributed by atoms with Crippen molar-refractivity contribution in [2.75, 3.05) is 12.4 Å². The van der Waals surface area contributed by atoms with Gasteiger partial charge in [-0.2, -0.15) is 5.10 Å². The molecule has 1 aromatic heterocycles. The van der Waals surface area contributed by atoms with Crippen molar-refractivity contribution in [1.82, 2.24) is 15.1 Å². The van der Waals surface area contributed by atoms with Crippen molar-refractivity contribution in [3.63, 3.8) is 0 Å². The number of ether oxygens (including phenoxy) is 1. The average molecular weight is 376 g/mol. The minimum atomic E-state index is -2.51. The van der Waals surface area contributed by atoms with Gasteiger partial charge in [0.05, 0.1) is 13.3 Å². The molecule has 27 heavy (non-hydrogen) atoms. The summed E-state index contributed by atoms with van der Waals surface area (Å²) in [7, 11) is 1.59. The summed E-state index contributed by atoms with van der Waals surface area (Å²) in [5.74, 6) is 1.22. The number of amides is 1. The van der Waals surface area contributed by atoms with Gasteiger partial charge in [0.15, 0.2) is 0 Å². The van der Waals surface area contributed by atoms with E-state index in [-0.39, 0.29) is 11.9 Å². The van der Waals surface area contributed by atoms with Gasteiger partial charge >= 0.3 is 0 Å². The first-order valence-corrected chi connectivity index (χ1v) is 9.10. The van der Waals surface area contributed by atoms with Crippen LogP contribution in [0.25, 0.3) is 0 Å². The lowest BCUT2D eigenvalue weighted by molar-refractivity contribution is 0.0644. The van der Waals surface area contributed by atoms with Crippen LogP contribution >= 0.6 is 0 Å². The number of methoxy groups -OCH3 is 1. The van der Waals surface area contributed by atoms with Gasteiger partial charge in [-0.3, -0.25) is 4.79 Å². The summed E-state index contributed by atoms with van der Waals surface area (Å²) in [5.41, 5.74) is 1.22. The highest BCUT2D eigenvalue weighted by molar-refractivity contribution is 5.98. The van der Waals surface area contributed by atoms with Crippen LogP contribution in [0, 0.1) is 5.92 Å². The maximum Gasteiger partial charge on any atom is 0.260 e. The van der Waals surface area contributed by atoms with E-state index < -0.39 is 12.5 Å². The van der Waals surface area contributed by atoms with Crippen LogP contribution in [0.1, 0.15) is 41.2 Å². The van der Waals surface area contributed by atoms with Gasteiger partial charge in [0.2, 0.25) is 0 Å². The molecule has 0 radical (unpaired) electrons. The lowest BCUT2D eigenvalue weighted by Crippen LogP contribution is -2.37. The molecule has 1 aromatic carbocycles. The Labute approximate surface area is 155 Å². The third kappa shape index (κ3) is 3.61. The summed E-state index contributed by atoms with van der Waals surface area (Å²) in [5, 5.41) is 10.2. The van der Waals surface area contributed by atoms with E-state index in [1.54, 1.807) is 7.11 Å². The summed E-state index contributed by atoms with van der Waals surface area (Å²) >= 11 is 0. The van der Waals surface area contributed by atoms with Gasteiger partial charge < -0.3 is 15.4 Å². The van der Waals surface area contributed by atoms with Crippen LogP contribution in [-0.4, -0.2) is 35.3 Å². The van der Waals surface area contributed by atoms with E-state index in [0.29, 0.717) is 30.3 Å². The molecule has 144 valence electrons. The SMILES string of the molecule is COc1ccc(CNC(=O)c2cnn3c2N[C@@H](C2CC2)C[C@@H]3C(F)F)cc1. The van der Waals surface area contributed by atoms with E-state index >= 15 is 0 Å². The molecule has 1 amide bonds. The van der Waals surface area contributed by atoms with Crippen LogP contribution < -0.4 is 15.4 Å². The molecule has 6 nitrogen and oxygen atoms in total. The summed E-state index contributed by atoms with van der Waals surface area (Å²) in [6.07, 6.45) is 1.28. The van der Waals surface area contributed by atoms with Gasteiger partial charge in [0.25, 0.3) is 12.3 Å². The van der Waals surface area contributed by atoms with E-state index in [1.165, 1.54) is 10.9 Å². The molecule has 2 atom stereocenters. The third-order valence-electron chi connectivity index (χ3n) is 5.27. The molecule has 4 rings (SSSR count). The highest BCUT2D eigenvalue weighted by atomic mass is 19.3. The van der Waals surface area contributed by atoms with Crippen molar-refractivity contribution in [1.29, 1.82) is 0 Å². The molecular weight excluding hydrogens is 354 g/mol. The summed E-state index contributed by atoms with van der Waals surface area (Å²) in [6.45, 7) is 0.331. The maximum absolute atomic E-state index is 13.5. The van der Waals surface area contributed by atoms with E-state index in [4.69, 9.17) is 4.74 Å². The second-order valence-corrected chi connectivity index (χ2v) is 7.11. The van der Waals surface area contributed by atoms with Gasteiger partial charge in [-0.05, 0) is 42.9 Å². The number of rotatable bonds is 6. The van der Waals surface area contributed by atoms with Gasteiger partial charge in [0.1, 0.15) is 23.2 Å². The molecule has 0 bridgehead atoms. The number of carbonyl (C=O) groups is 1. The topological polar surface area (TPSA) is 68.2 Å². The van der Waals surface area contributed by atoms with Gasteiger partial charge in [0, 0.05) is 12.6 Å². The first-order valence-electron chi connectivity index (χ1n) is 9.10. The number of halogens is 2. The summed E-state index contributed by atoms with van der Waals surface area (Å²) in [4.78, 5) is 12.6. The summed E-state index contributed by atoms with van der Waals surface area (Å²) in [6, 6.07) is 6.34. The van der Waals surface area contributed by atoms with Gasteiger partial charge in [-0.15, -0.1) is 0 Å². The van der Waals surface area contributed by atoms with Crippen molar-refractivity contribution >= 4 is 11.7 Å². The zero-order valence-corrected chi connectivity index (χ0v) is 15.0. The number of carbonyl (C=O) groups excluding carboxylic acids is 1. The highest BCUT2D eigenvalue weighted by Gasteiger charge is 2.41. The van der Waals surface area contributed by atoms with E-state index in [1.807, 2.05) is 24.3 Å². The van der Waals surface area contributed by atoms with Crippen LogP contribution in [-0.2, 0) is 6.54 Å². The molecule has 0 unspecified atom stereocenters. The Kier molecular flexibility index (Phi) is 4.72. The molecule has 2 N–H and O–H groups in total. The minimum Gasteiger partial charge on any atom is -0.497 e. The number of alkyl halides is 2. The minimum absolute atomic E-state index is 0.0265. The molecule has 2 aliphatic rings. The number of nitrogens with one attached hydrogen (secondary N) is 2. The van der Waals surface area contributed by atoms with E-state index in [9.17, 15) is 13.6 Å². The lowest BCUT2D eigenvalue weighted by Gasteiger charge is -2.32. The molecule has 0 spiro atoms. The van der Waals surface area contributed by atoms with E-state index in [0.717, 1.165) is 24.2 Å². The van der Waals surface area contributed by atoms with Crippen LogP contribution in [0.4, 0.5) is 14.6 Å². The Bertz CT molecular complexity index is 818. The maximum atomic E-state index is 13.5. The summed E-state index contributed by atoms with van der Waals surface area (Å²) < 4.78 is 33.4. The quantitative estimate of drug-likeness (QED) is 0.812. The van der Waals surface area contributed by atoms with Crippen molar-refractivity contribution in [2.45, 2.75) is 44.3 Å². The number of hydrogen-bond acceptors (Lipinski definition) is 4. The number of aromatic nitrogens is 2. The standard InChI is InChI=1S/C19H22F2N4O2/c1-27-13-6-2-11(3-7-13)9-22-19(26)14-10-23-25-16(17(20)21)8-15(12-4-5-12)24-18(14)25/h2-3,6-7,10,12,15-17,24H,4-5,8-9H2,1H3,(H,22,26)/t15-,16-/m1/s1. The van der Waals surface area contributed by atoms with Gasteiger partial charge in [-0.1, -0.05) is 12.1 Å². The molecule has 1 saturated carbocycles. The zero-order chi connectivity index (χ0) is 19.0. The van der Waals surface area contributed by atoms with Crippen LogP contribution in [0.15, 0.2) is 30.5 Å². The predicted octanol–water partition coefficient (Wildman–Crippen LogP) is 3.22. The zero-order valence-electron chi connectivity index (χ0n) is 15.0.